The lowest BCUT2D eigenvalue weighted by Crippen LogP contribution is -2.26. The van der Waals surface area contributed by atoms with Gasteiger partial charge in [-0.2, -0.15) is 0 Å². The molecule has 112 valence electrons. The average molecular weight is 279 g/mol. The highest BCUT2D eigenvalue weighted by Crippen LogP contribution is 2.27. The van der Waals surface area contributed by atoms with Crippen LogP contribution >= 0.6 is 0 Å². The number of benzene rings is 1. The molecule has 1 aromatic rings. The lowest BCUT2D eigenvalue weighted by Gasteiger charge is -2.20. The molecule has 1 aliphatic carbocycles. The van der Waals surface area contributed by atoms with Crippen molar-refractivity contribution in [3.63, 3.8) is 0 Å². The van der Waals surface area contributed by atoms with Gasteiger partial charge in [-0.3, -0.25) is 0 Å². The molecule has 1 aliphatic rings. The summed E-state index contributed by atoms with van der Waals surface area (Å²) >= 11 is 0. The Morgan fingerprint density at radius 1 is 1.35 bits per heavy atom. The van der Waals surface area contributed by atoms with Gasteiger partial charge in [0.2, 0.25) is 0 Å². The fourth-order valence-electron chi connectivity index (χ4n) is 2.57. The molecule has 0 aliphatic heterocycles. The van der Waals surface area contributed by atoms with Crippen LogP contribution < -0.4 is 10.1 Å². The van der Waals surface area contributed by atoms with Gasteiger partial charge in [-0.15, -0.1) is 0 Å². The van der Waals surface area contributed by atoms with E-state index in [0.717, 1.165) is 43.7 Å². The summed E-state index contributed by atoms with van der Waals surface area (Å²) in [5, 5.41) is 13.2. The van der Waals surface area contributed by atoms with E-state index in [-0.39, 0.29) is 12.2 Å². The minimum atomic E-state index is -0.328. The van der Waals surface area contributed by atoms with Gasteiger partial charge in [0.25, 0.3) is 0 Å². The zero-order chi connectivity index (χ0) is 14.4. The first kappa shape index (κ1) is 15.3. The molecule has 1 aromatic carbocycles. The van der Waals surface area contributed by atoms with E-state index in [1.165, 1.54) is 5.56 Å². The van der Waals surface area contributed by atoms with Crippen LogP contribution in [0.1, 0.15) is 30.4 Å². The van der Waals surface area contributed by atoms with Gasteiger partial charge >= 0.3 is 0 Å². The molecular weight excluding hydrogens is 254 g/mol. The van der Waals surface area contributed by atoms with Crippen molar-refractivity contribution in [1.82, 2.24) is 5.32 Å². The molecule has 2 N–H and O–H groups in total. The summed E-state index contributed by atoms with van der Waals surface area (Å²) in [4.78, 5) is 0. The van der Waals surface area contributed by atoms with E-state index >= 15 is 0 Å². The Kier molecular flexibility index (Phi) is 5.83. The Labute approximate surface area is 121 Å². The summed E-state index contributed by atoms with van der Waals surface area (Å²) in [7, 11) is 1.70. The normalized spacial score (nSPS) is 22.1. The molecule has 2 unspecified atom stereocenters. The summed E-state index contributed by atoms with van der Waals surface area (Å²) in [5.74, 6) is 0.881. The zero-order valence-corrected chi connectivity index (χ0v) is 12.4. The summed E-state index contributed by atoms with van der Waals surface area (Å²) in [6.45, 7) is 4.34. The first-order valence-electron chi connectivity index (χ1n) is 7.34. The molecule has 0 amide bonds. The quantitative estimate of drug-likeness (QED) is 0.750. The van der Waals surface area contributed by atoms with Gasteiger partial charge in [-0.25, -0.2) is 0 Å². The Morgan fingerprint density at radius 2 is 2.20 bits per heavy atom. The van der Waals surface area contributed by atoms with Gasteiger partial charge in [0.1, 0.15) is 11.9 Å². The van der Waals surface area contributed by atoms with Gasteiger partial charge in [0.05, 0.1) is 12.7 Å². The van der Waals surface area contributed by atoms with Crippen LogP contribution in [0.3, 0.4) is 0 Å². The number of rotatable bonds is 7. The number of hydrogen-bond donors (Lipinski definition) is 2. The number of aryl methyl sites for hydroxylation is 1. The van der Waals surface area contributed by atoms with Crippen molar-refractivity contribution in [2.24, 2.45) is 0 Å². The lowest BCUT2D eigenvalue weighted by atomic mass is 10.1. The predicted octanol–water partition coefficient (Wildman–Crippen LogP) is 2.02. The SMILES string of the molecule is COCCNCc1cc(C)ccc1OC1CCCC1O. The van der Waals surface area contributed by atoms with Crippen molar-refractivity contribution < 1.29 is 14.6 Å². The number of aliphatic hydroxyl groups excluding tert-OH is 1. The molecule has 4 heteroatoms. The molecule has 1 fully saturated rings. The number of methoxy groups -OCH3 is 1. The number of hydrogen-bond acceptors (Lipinski definition) is 4. The topological polar surface area (TPSA) is 50.7 Å². The first-order valence-corrected chi connectivity index (χ1v) is 7.34. The smallest absolute Gasteiger partial charge is 0.124 e. The summed E-state index contributed by atoms with van der Waals surface area (Å²) < 4.78 is 11.0. The van der Waals surface area contributed by atoms with E-state index in [9.17, 15) is 5.11 Å². The van der Waals surface area contributed by atoms with E-state index < -0.39 is 0 Å². The third kappa shape index (κ3) is 4.20. The number of aliphatic hydroxyl groups is 1. The monoisotopic (exact) mass is 279 g/mol. The highest BCUT2D eigenvalue weighted by molar-refractivity contribution is 5.37. The van der Waals surface area contributed by atoms with Crippen LogP contribution in [0.5, 0.6) is 5.75 Å². The molecule has 0 bridgehead atoms. The van der Waals surface area contributed by atoms with Gasteiger partial charge in [0, 0.05) is 25.8 Å². The highest BCUT2D eigenvalue weighted by atomic mass is 16.5. The first-order chi connectivity index (χ1) is 9.70. The van der Waals surface area contributed by atoms with E-state index in [1.807, 2.05) is 6.07 Å². The predicted molar refractivity (Wildman–Crippen MR) is 79.0 cm³/mol. The second kappa shape index (κ2) is 7.62. The Hall–Kier alpha value is -1.10. The third-order valence-electron chi connectivity index (χ3n) is 3.71. The molecular formula is C16H25NO3. The van der Waals surface area contributed by atoms with Crippen LogP contribution in [-0.2, 0) is 11.3 Å². The second-order valence-corrected chi connectivity index (χ2v) is 5.44. The molecule has 0 radical (unpaired) electrons. The largest absolute Gasteiger partial charge is 0.487 e. The molecule has 0 aromatic heterocycles. The van der Waals surface area contributed by atoms with Crippen molar-refractivity contribution >= 4 is 0 Å². The zero-order valence-electron chi connectivity index (χ0n) is 12.4. The maximum Gasteiger partial charge on any atom is 0.124 e. The Balaban J connectivity index is 1.99. The summed E-state index contributed by atoms with van der Waals surface area (Å²) in [5.41, 5.74) is 2.35. The molecule has 4 nitrogen and oxygen atoms in total. The van der Waals surface area contributed by atoms with Crippen LogP contribution in [0.4, 0.5) is 0 Å². The molecule has 2 rings (SSSR count). The van der Waals surface area contributed by atoms with Crippen LogP contribution in [-0.4, -0.2) is 37.6 Å². The fourth-order valence-corrected chi connectivity index (χ4v) is 2.57. The number of nitrogens with one attached hydrogen (secondary N) is 1. The Bertz CT molecular complexity index is 422. The molecule has 0 spiro atoms. The van der Waals surface area contributed by atoms with Crippen molar-refractivity contribution in [1.29, 1.82) is 0 Å². The molecule has 0 heterocycles. The van der Waals surface area contributed by atoms with Crippen LogP contribution in [0.2, 0.25) is 0 Å². The van der Waals surface area contributed by atoms with Gasteiger partial charge in [-0.05, 0) is 32.3 Å². The molecule has 2 atom stereocenters. The molecule has 20 heavy (non-hydrogen) atoms. The molecule has 0 saturated heterocycles. The molecule has 1 saturated carbocycles. The van der Waals surface area contributed by atoms with Crippen molar-refractivity contribution in [3.05, 3.63) is 29.3 Å². The maximum atomic E-state index is 9.88. The van der Waals surface area contributed by atoms with Gasteiger partial charge in [0.15, 0.2) is 0 Å². The standard InChI is InChI=1S/C16H25NO3/c1-12-6-7-15(20-16-5-3-4-14(16)18)13(10-12)11-17-8-9-19-2/h6-7,10,14,16-18H,3-5,8-9,11H2,1-2H3. The average Bonchev–Trinajstić information content (AvgIpc) is 2.83. The Morgan fingerprint density at radius 3 is 2.90 bits per heavy atom. The van der Waals surface area contributed by atoms with E-state index in [0.29, 0.717) is 6.61 Å². The van der Waals surface area contributed by atoms with E-state index in [1.54, 1.807) is 7.11 Å². The van der Waals surface area contributed by atoms with E-state index in [2.05, 4.69) is 24.4 Å². The lowest BCUT2D eigenvalue weighted by molar-refractivity contribution is 0.0597. The maximum absolute atomic E-state index is 9.88. The summed E-state index contributed by atoms with van der Waals surface area (Å²) in [6, 6.07) is 6.19. The fraction of sp³-hybridized carbons (Fsp3) is 0.625. The van der Waals surface area contributed by atoms with Crippen LogP contribution in [0.25, 0.3) is 0 Å². The van der Waals surface area contributed by atoms with Crippen molar-refractivity contribution in [2.75, 3.05) is 20.3 Å². The number of ether oxygens (including phenoxy) is 2. The van der Waals surface area contributed by atoms with Crippen molar-refractivity contribution in [2.45, 2.75) is 44.9 Å². The van der Waals surface area contributed by atoms with Crippen LogP contribution in [0, 0.1) is 6.92 Å². The van der Waals surface area contributed by atoms with Crippen molar-refractivity contribution in [3.8, 4) is 5.75 Å². The van der Waals surface area contributed by atoms with Gasteiger partial charge in [-0.1, -0.05) is 17.7 Å². The second-order valence-electron chi connectivity index (χ2n) is 5.44. The van der Waals surface area contributed by atoms with Crippen LogP contribution in [0.15, 0.2) is 18.2 Å². The minimum absolute atomic E-state index is 0.0598. The highest BCUT2D eigenvalue weighted by Gasteiger charge is 2.27. The minimum Gasteiger partial charge on any atom is -0.487 e. The summed E-state index contributed by atoms with van der Waals surface area (Å²) in [6.07, 6.45) is 2.43. The van der Waals surface area contributed by atoms with E-state index in [4.69, 9.17) is 9.47 Å². The third-order valence-corrected chi connectivity index (χ3v) is 3.71. The van der Waals surface area contributed by atoms with Gasteiger partial charge < -0.3 is 19.9 Å².